The van der Waals surface area contributed by atoms with Crippen molar-refractivity contribution in [3.05, 3.63) is 28.8 Å². The van der Waals surface area contributed by atoms with Crippen molar-refractivity contribution in [2.75, 3.05) is 26.4 Å². The Hall–Kier alpha value is -1.67. The van der Waals surface area contributed by atoms with Crippen LogP contribution in [-0.4, -0.2) is 65.0 Å². The van der Waals surface area contributed by atoms with Crippen LogP contribution in [0.15, 0.2) is 12.1 Å². The zero-order valence-electron chi connectivity index (χ0n) is 19.1. The summed E-state index contributed by atoms with van der Waals surface area (Å²) in [6.45, 7) is 11.4. The van der Waals surface area contributed by atoms with E-state index < -0.39 is 24.8 Å². The summed E-state index contributed by atoms with van der Waals surface area (Å²) >= 11 is 0. The normalized spacial score (nSPS) is 14.4. The van der Waals surface area contributed by atoms with E-state index in [-0.39, 0.29) is 37.1 Å². The molecule has 1 aromatic carbocycles. The van der Waals surface area contributed by atoms with Crippen LogP contribution in [0.4, 0.5) is 0 Å². The van der Waals surface area contributed by atoms with Gasteiger partial charge in [0, 0.05) is 6.42 Å². The number of aliphatic hydroxyl groups is 3. The first-order valence-corrected chi connectivity index (χ1v) is 10.3. The molecule has 172 valence electrons. The van der Waals surface area contributed by atoms with Crippen LogP contribution >= 0.6 is 0 Å². The standard InChI is InChI=1S/C23H38O7/c1-22(2,3)18-9-15(10-19(21(18)28)23(4,5)6)7-8-20(27)30-14-17(26)13-29-12-16(25)11-24/h9-10,16-17,24-26,28H,7-8,11-14H2,1-6H3. The summed E-state index contributed by atoms with van der Waals surface area (Å²) in [5.74, 6) is -0.136. The number of esters is 1. The smallest absolute Gasteiger partial charge is 0.306 e. The third-order valence-corrected chi connectivity index (χ3v) is 4.67. The monoisotopic (exact) mass is 426 g/mol. The fourth-order valence-corrected chi connectivity index (χ4v) is 2.93. The molecule has 0 fully saturated rings. The van der Waals surface area contributed by atoms with Crippen molar-refractivity contribution in [3.8, 4) is 5.75 Å². The maximum absolute atomic E-state index is 12.1. The predicted octanol–water partition coefficient (Wildman–Crippen LogP) is 2.19. The number of carbonyl (C=O) groups excluding carboxylic acids is 1. The number of hydrogen-bond donors (Lipinski definition) is 4. The molecule has 0 amide bonds. The quantitative estimate of drug-likeness (QED) is 0.424. The van der Waals surface area contributed by atoms with Crippen molar-refractivity contribution in [2.45, 2.75) is 77.4 Å². The second-order valence-electron chi connectivity index (χ2n) is 9.75. The van der Waals surface area contributed by atoms with Gasteiger partial charge in [0.1, 0.15) is 24.6 Å². The molecule has 0 aliphatic heterocycles. The van der Waals surface area contributed by atoms with Gasteiger partial charge >= 0.3 is 5.97 Å². The minimum absolute atomic E-state index is 0.103. The number of phenolic OH excluding ortho intramolecular Hbond substituents is 1. The van der Waals surface area contributed by atoms with E-state index in [0.717, 1.165) is 16.7 Å². The molecule has 0 bridgehead atoms. The molecule has 0 saturated heterocycles. The summed E-state index contributed by atoms with van der Waals surface area (Å²) in [4.78, 5) is 12.1. The molecule has 1 rings (SSSR count). The zero-order chi connectivity index (χ0) is 23.1. The van der Waals surface area contributed by atoms with Crippen LogP contribution in [0, 0.1) is 0 Å². The van der Waals surface area contributed by atoms with Crippen molar-refractivity contribution >= 4 is 5.97 Å². The molecular weight excluding hydrogens is 388 g/mol. The largest absolute Gasteiger partial charge is 0.507 e. The summed E-state index contributed by atoms with van der Waals surface area (Å²) in [5.41, 5.74) is 2.15. The Morgan fingerprint density at radius 1 is 0.933 bits per heavy atom. The molecule has 7 nitrogen and oxygen atoms in total. The van der Waals surface area contributed by atoms with Crippen LogP contribution in [-0.2, 0) is 31.5 Å². The summed E-state index contributed by atoms with van der Waals surface area (Å²) in [7, 11) is 0. The minimum atomic E-state index is -1.01. The first-order valence-electron chi connectivity index (χ1n) is 10.3. The summed E-state index contributed by atoms with van der Waals surface area (Å²) < 4.78 is 10.1. The van der Waals surface area contributed by atoms with E-state index >= 15 is 0 Å². The van der Waals surface area contributed by atoms with Crippen LogP contribution in [0.1, 0.15) is 64.7 Å². The fourth-order valence-electron chi connectivity index (χ4n) is 2.93. The third-order valence-electron chi connectivity index (χ3n) is 4.67. The number of carbonyl (C=O) groups is 1. The molecule has 0 aliphatic carbocycles. The Balaban J connectivity index is 2.68. The number of aromatic hydroxyl groups is 1. The number of rotatable bonds is 10. The highest BCUT2D eigenvalue weighted by molar-refractivity contribution is 5.69. The zero-order valence-corrected chi connectivity index (χ0v) is 19.1. The lowest BCUT2D eigenvalue weighted by atomic mass is 9.78. The molecule has 30 heavy (non-hydrogen) atoms. The van der Waals surface area contributed by atoms with E-state index in [1.54, 1.807) is 0 Å². The molecule has 7 heteroatoms. The summed E-state index contributed by atoms with van der Waals surface area (Å²) in [6.07, 6.45) is -1.40. The Morgan fingerprint density at radius 2 is 1.43 bits per heavy atom. The lowest BCUT2D eigenvalue weighted by molar-refractivity contribution is -0.148. The van der Waals surface area contributed by atoms with Crippen molar-refractivity contribution in [1.29, 1.82) is 0 Å². The Labute approximate surface area is 179 Å². The number of hydrogen-bond acceptors (Lipinski definition) is 7. The lowest BCUT2D eigenvalue weighted by Gasteiger charge is -2.28. The highest BCUT2D eigenvalue weighted by atomic mass is 16.5. The first-order chi connectivity index (χ1) is 13.8. The summed E-state index contributed by atoms with van der Waals surface area (Å²) in [6, 6.07) is 3.88. The van der Waals surface area contributed by atoms with Crippen LogP contribution in [0.25, 0.3) is 0 Å². The maximum atomic E-state index is 12.1. The molecule has 0 radical (unpaired) electrons. The molecule has 0 heterocycles. The average Bonchev–Trinajstić information content (AvgIpc) is 2.63. The number of aliphatic hydroxyl groups excluding tert-OH is 3. The molecular formula is C23H38O7. The van der Waals surface area contributed by atoms with E-state index in [9.17, 15) is 15.0 Å². The van der Waals surface area contributed by atoms with Crippen molar-refractivity contribution < 1.29 is 34.7 Å². The predicted molar refractivity (Wildman–Crippen MR) is 115 cm³/mol. The van der Waals surface area contributed by atoms with E-state index in [4.69, 9.17) is 19.7 Å². The molecule has 0 aromatic heterocycles. The summed E-state index contributed by atoms with van der Waals surface area (Å²) in [5, 5.41) is 38.4. The van der Waals surface area contributed by atoms with Gasteiger partial charge in [-0.05, 0) is 33.9 Å². The van der Waals surface area contributed by atoms with E-state index in [1.807, 2.05) is 53.7 Å². The van der Waals surface area contributed by atoms with Crippen molar-refractivity contribution in [3.63, 3.8) is 0 Å². The Morgan fingerprint density at radius 3 is 1.90 bits per heavy atom. The van der Waals surface area contributed by atoms with Crippen LogP contribution in [0.3, 0.4) is 0 Å². The van der Waals surface area contributed by atoms with Gasteiger partial charge in [0.15, 0.2) is 0 Å². The third kappa shape index (κ3) is 8.60. The highest BCUT2D eigenvalue weighted by Crippen LogP contribution is 2.39. The Bertz CT molecular complexity index is 651. The van der Waals surface area contributed by atoms with E-state index in [1.165, 1.54) is 0 Å². The average molecular weight is 427 g/mol. The van der Waals surface area contributed by atoms with Gasteiger partial charge in [-0.15, -0.1) is 0 Å². The van der Waals surface area contributed by atoms with Crippen LogP contribution in [0.5, 0.6) is 5.75 Å². The minimum Gasteiger partial charge on any atom is -0.507 e. The number of ether oxygens (including phenoxy) is 2. The van der Waals surface area contributed by atoms with Gasteiger partial charge in [-0.1, -0.05) is 53.7 Å². The SMILES string of the molecule is CC(C)(C)c1cc(CCC(=O)OCC(O)COCC(O)CO)cc(C(C)(C)C)c1O. The highest BCUT2D eigenvalue weighted by Gasteiger charge is 2.26. The van der Waals surface area contributed by atoms with E-state index in [0.29, 0.717) is 12.2 Å². The van der Waals surface area contributed by atoms with Gasteiger partial charge in [0.05, 0.1) is 19.8 Å². The number of phenols is 1. The number of benzene rings is 1. The van der Waals surface area contributed by atoms with Crippen LogP contribution < -0.4 is 0 Å². The molecule has 0 spiro atoms. The van der Waals surface area contributed by atoms with Gasteiger partial charge in [0.25, 0.3) is 0 Å². The van der Waals surface area contributed by atoms with Gasteiger partial charge in [-0.25, -0.2) is 0 Å². The molecule has 4 N–H and O–H groups in total. The van der Waals surface area contributed by atoms with Gasteiger partial charge < -0.3 is 29.9 Å². The van der Waals surface area contributed by atoms with Gasteiger partial charge in [-0.2, -0.15) is 0 Å². The fraction of sp³-hybridized carbons (Fsp3) is 0.696. The molecule has 1 aromatic rings. The second kappa shape index (κ2) is 11.1. The molecule has 0 aliphatic rings. The molecule has 2 unspecified atom stereocenters. The second-order valence-corrected chi connectivity index (χ2v) is 9.75. The van der Waals surface area contributed by atoms with Crippen LogP contribution in [0.2, 0.25) is 0 Å². The van der Waals surface area contributed by atoms with Crippen molar-refractivity contribution in [2.24, 2.45) is 0 Å². The van der Waals surface area contributed by atoms with Gasteiger partial charge in [-0.3, -0.25) is 4.79 Å². The lowest BCUT2D eigenvalue weighted by Crippen LogP contribution is -2.27. The molecule has 0 saturated carbocycles. The number of aryl methyl sites for hydroxylation is 1. The van der Waals surface area contributed by atoms with Crippen molar-refractivity contribution in [1.82, 2.24) is 0 Å². The molecule has 2 atom stereocenters. The maximum Gasteiger partial charge on any atom is 0.306 e. The van der Waals surface area contributed by atoms with E-state index in [2.05, 4.69) is 0 Å². The van der Waals surface area contributed by atoms with Gasteiger partial charge in [0.2, 0.25) is 0 Å². The Kier molecular flexibility index (Phi) is 9.75. The topological polar surface area (TPSA) is 116 Å². The first kappa shape index (κ1) is 26.4.